The maximum atomic E-state index is 12.9. The predicted molar refractivity (Wildman–Crippen MR) is 121 cm³/mol. The lowest BCUT2D eigenvalue weighted by Crippen LogP contribution is -2.58. The smallest absolute Gasteiger partial charge is 0.326 e. The van der Waals surface area contributed by atoms with E-state index in [1.54, 1.807) is 13.8 Å². The van der Waals surface area contributed by atoms with E-state index in [0.717, 1.165) is 0 Å². The quantitative estimate of drug-likeness (QED) is 0.133. The standard InChI is InChI=1S/C19H31N7O6S/c1-3-9(2)15(19(31)32)26-18(30)13(7-33)25-17(29)12(4-10-6-22-8-23-10)24-16(28)11(20)5-14(21)27/h6,8-9,11-13,15,33H,3-5,7,20H2,1-2H3,(H2,21,27)(H,22,23)(H,24,28)(H,25,29)(H,26,30)(H,31,32). The third-order valence-electron chi connectivity index (χ3n) is 4.96. The number of aromatic amines is 1. The van der Waals surface area contributed by atoms with Crippen LogP contribution in [0.3, 0.4) is 0 Å². The maximum absolute atomic E-state index is 12.9. The van der Waals surface area contributed by atoms with E-state index in [-0.39, 0.29) is 18.1 Å². The van der Waals surface area contributed by atoms with Crippen LogP contribution in [0.2, 0.25) is 0 Å². The van der Waals surface area contributed by atoms with Crippen LogP contribution in [0.5, 0.6) is 0 Å². The summed E-state index contributed by atoms with van der Waals surface area (Å²) in [6.07, 6.45) is 2.90. The zero-order valence-electron chi connectivity index (χ0n) is 18.4. The van der Waals surface area contributed by atoms with Crippen molar-refractivity contribution in [2.45, 2.75) is 57.3 Å². The van der Waals surface area contributed by atoms with E-state index >= 15 is 0 Å². The minimum absolute atomic E-state index is 0.0214. The normalized spacial score (nSPS) is 15.4. The molecule has 4 amide bonds. The summed E-state index contributed by atoms with van der Waals surface area (Å²) in [5.74, 6) is -4.72. The largest absolute Gasteiger partial charge is 0.480 e. The summed E-state index contributed by atoms with van der Waals surface area (Å²) < 4.78 is 0. The Kier molecular flexibility index (Phi) is 11.4. The van der Waals surface area contributed by atoms with Crippen LogP contribution in [-0.4, -0.2) is 74.6 Å². The van der Waals surface area contributed by atoms with Crippen LogP contribution in [0.25, 0.3) is 0 Å². The lowest BCUT2D eigenvalue weighted by molar-refractivity contribution is -0.143. The number of aromatic nitrogens is 2. The highest BCUT2D eigenvalue weighted by Gasteiger charge is 2.31. The Morgan fingerprint density at radius 3 is 2.21 bits per heavy atom. The van der Waals surface area contributed by atoms with Gasteiger partial charge in [0.2, 0.25) is 23.6 Å². The van der Waals surface area contributed by atoms with Crippen molar-refractivity contribution in [3.8, 4) is 0 Å². The van der Waals surface area contributed by atoms with E-state index < -0.39 is 60.2 Å². The second kappa shape index (κ2) is 13.4. The van der Waals surface area contributed by atoms with Gasteiger partial charge < -0.3 is 37.5 Å². The number of imidazole rings is 1. The molecule has 14 heteroatoms. The first-order valence-corrected chi connectivity index (χ1v) is 10.9. The lowest BCUT2D eigenvalue weighted by Gasteiger charge is -2.25. The van der Waals surface area contributed by atoms with Crippen molar-refractivity contribution >= 4 is 42.2 Å². The highest BCUT2D eigenvalue weighted by atomic mass is 32.1. The van der Waals surface area contributed by atoms with E-state index in [9.17, 15) is 29.1 Å². The van der Waals surface area contributed by atoms with Crippen LogP contribution in [0, 0.1) is 5.92 Å². The first-order valence-electron chi connectivity index (χ1n) is 10.3. The molecule has 0 saturated heterocycles. The molecule has 0 aromatic carbocycles. The summed E-state index contributed by atoms with van der Waals surface area (Å²) in [6.45, 7) is 3.47. The summed E-state index contributed by atoms with van der Waals surface area (Å²) in [7, 11) is 0. The van der Waals surface area contributed by atoms with Gasteiger partial charge in [0, 0.05) is 24.1 Å². The van der Waals surface area contributed by atoms with Crippen molar-refractivity contribution in [2.24, 2.45) is 17.4 Å². The molecular weight excluding hydrogens is 454 g/mol. The number of carboxylic acid groups (broad SMARTS) is 1. The Morgan fingerprint density at radius 2 is 1.73 bits per heavy atom. The molecule has 9 N–H and O–H groups in total. The van der Waals surface area contributed by atoms with Crippen LogP contribution in [-0.2, 0) is 30.4 Å². The number of aliphatic carboxylic acids is 1. The van der Waals surface area contributed by atoms with Crippen LogP contribution in [0.4, 0.5) is 0 Å². The fourth-order valence-corrected chi connectivity index (χ4v) is 3.07. The average molecular weight is 486 g/mol. The molecule has 1 aromatic heterocycles. The molecule has 0 bridgehead atoms. The fraction of sp³-hybridized carbons (Fsp3) is 0.579. The monoisotopic (exact) mass is 485 g/mol. The van der Waals surface area contributed by atoms with Crippen molar-refractivity contribution in [3.05, 3.63) is 18.2 Å². The molecule has 1 aromatic rings. The summed E-state index contributed by atoms with van der Waals surface area (Å²) in [5, 5.41) is 16.7. The van der Waals surface area contributed by atoms with Crippen molar-refractivity contribution in [1.82, 2.24) is 25.9 Å². The summed E-state index contributed by atoms with van der Waals surface area (Å²) in [4.78, 5) is 67.0. The Morgan fingerprint density at radius 1 is 1.12 bits per heavy atom. The summed E-state index contributed by atoms with van der Waals surface area (Å²) >= 11 is 4.08. The van der Waals surface area contributed by atoms with Gasteiger partial charge >= 0.3 is 5.97 Å². The van der Waals surface area contributed by atoms with E-state index in [1.165, 1.54) is 12.5 Å². The van der Waals surface area contributed by atoms with E-state index in [2.05, 4.69) is 38.5 Å². The Hall–Kier alpha value is -3.13. The fourth-order valence-electron chi connectivity index (χ4n) is 2.82. The average Bonchev–Trinajstić information content (AvgIpc) is 3.26. The molecule has 0 radical (unpaired) electrons. The van der Waals surface area contributed by atoms with Gasteiger partial charge in [0.1, 0.15) is 18.1 Å². The van der Waals surface area contributed by atoms with Gasteiger partial charge in [-0.1, -0.05) is 20.3 Å². The number of nitrogens with zero attached hydrogens (tertiary/aromatic N) is 1. The first kappa shape index (κ1) is 27.9. The second-order valence-electron chi connectivity index (χ2n) is 7.57. The SMILES string of the molecule is CCC(C)C(NC(=O)C(CS)NC(=O)C(Cc1cnc[nH]1)NC(=O)C(N)CC(N)=O)C(=O)O. The summed E-state index contributed by atoms with van der Waals surface area (Å²) in [5.41, 5.74) is 11.2. The Bertz CT molecular complexity index is 835. The zero-order valence-corrected chi connectivity index (χ0v) is 19.3. The van der Waals surface area contributed by atoms with Crippen molar-refractivity contribution in [2.75, 3.05) is 5.75 Å². The molecule has 1 rings (SSSR count). The highest BCUT2D eigenvalue weighted by molar-refractivity contribution is 7.80. The molecule has 13 nitrogen and oxygen atoms in total. The Balaban J connectivity index is 2.95. The third kappa shape index (κ3) is 9.10. The third-order valence-corrected chi connectivity index (χ3v) is 5.33. The number of nitrogens with one attached hydrogen (secondary N) is 4. The molecule has 0 aliphatic carbocycles. The number of primary amides is 1. The van der Waals surface area contributed by atoms with Crippen LogP contribution in [0.15, 0.2) is 12.5 Å². The van der Waals surface area contributed by atoms with E-state index in [1.807, 2.05) is 0 Å². The van der Waals surface area contributed by atoms with Gasteiger partial charge in [-0.2, -0.15) is 12.6 Å². The van der Waals surface area contributed by atoms with Gasteiger partial charge in [-0.25, -0.2) is 9.78 Å². The van der Waals surface area contributed by atoms with Crippen LogP contribution < -0.4 is 27.4 Å². The van der Waals surface area contributed by atoms with Gasteiger partial charge in [0.25, 0.3) is 0 Å². The minimum Gasteiger partial charge on any atom is -0.480 e. The number of amides is 4. The van der Waals surface area contributed by atoms with Gasteiger partial charge in [-0.05, 0) is 5.92 Å². The number of hydrogen-bond donors (Lipinski definition) is 8. The number of rotatable bonds is 14. The number of carbonyl (C=O) groups is 5. The number of thiol groups is 1. The molecule has 0 aliphatic rings. The van der Waals surface area contributed by atoms with Crippen molar-refractivity contribution in [3.63, 3.8) is 0 Å². The minimum atomic E-state index is -1.27. The first-order chi connectivity index (χ1) is 15.5. The Labute approximate surface area is 196 Å². The number of H-pyrrole nitrogens is 1. The van der Waals surface area contributed by atoms with Crippen molar-refractivity contribution in [1.29, 1.82) is 0 Å². The van der Waals surface area contributed by atoms with E-state index in [4.69, 9.17) is 11.5 Å². The number of carboxylic acids is 1. The number of hydrogen-bond acceptors (Lipinski definition) is 8. The summed E-state index contributed by atoms with van der Waals surface area (Å²) in [6, 6.07) is -4.77. The topological polar surface area (TPSA) is 222 Å². The highest BCUT2D eigenvalue weighted by Crippen LogP contribution is 2.09. The van der Waals surface area contributed by atoms with Gasteiger partial charge in [-0.3, -0.25) is 19.2 Å². The van der Waals surface area contributed by atoms with Gasteiger partial charge in [0.15, 0.2) is 0 Å². The van der Waals surface area contributed by atoms with E-state index in [0.29, 0.717) is 12.1 Å². The molecule has 1 heterocycles. The zero-order chi connectivity index (χ0) is 25.1. The molecule has 33 heavy (non-hydrogen) atoms. The van der Waals surface area contributed by atoms with Gasteiger partial charge in [0.05, 0.1) is 18.8 Å². The molecule has 0 fully saturated rings. The number of nitrogens with two attached hydrogens (primary N) is 2. The molecule has 5 atom stereocenters. The molecular formula is C19H31N7O6S. The second-order valence-corrected chi connectivity index (χ2v) is 7.94. The lowest BCUT2D eigenvalue weighted by atomic mass is 9.99. The van der Waals surface area contributed by atoms with Crippen LogP contribution >= 0.6 is 12.6 Å². The molecule has 0 aliphatic heterocycles. The molecule has 5 unspecified atom stereocenters. The number of carbonyl (C=O) groups excluding carboxylic acids is 4. The van der Waals surface area contributed by atoms with Crippen molar-refractivity contribution < 1.29 is 29.1 Å². The predicted octanol–water partition coefficient (Wildman–Crippen LogP) is -2.33. The van der Waals surface area contributed by atoms with Gasteiger partial charge in [-0.15, -0.1) is 0 Å². The molecule has 0 spiro atoms. The molecule has 0 saturated carbocycles. The van der Waals surface area contributed by atoms with Crippen LogP contribution in [0.1, 0.15) is 32.4 Å². The molecule has 184 valence electrons. The maximum Gasteiger partial charge on any atom is 0.326 e.